The average Bonchev–Trinajstić information content (AvgIpc) is 2.84. The SMILES string of the molecule is CCc1cnc(CNc2cc(C)ccc2C(N)=S)o1. The number of nitrogens with two attached hydrogens (primary N) is 1. The highest BCUT2D eigenvalue weighted by atomic mass is 32.1. The van der Waals surface area contributed by atoms with E-state index in [9.17, 15) is 0 Å². The minimum atomic E-state index is 0.379. The molecule has 1 heterocycles. The molecule has 19 heavy (non-hydrogen) atoms. The summed E-state index contributed by atoms with van der Waals surface area (Å²) < 4.78 is 5.55. The minimum Gasteiger partial charge on any atom is -0.444 e. The van der Waals surface area contributed by atoms with Crippen LogP contribution in [0.5, 0.6) is 0 Å². The Bertz CT molecular complexity index is 592. The fourth-order valence-electron chi connectivity index (χ4n) is 1.78. The van der Waals surface area contributed by atoms with Crippen LogP contribution in [0.25, 0.3) is 0 Å². The molecule has 0 fully saturated rings. The normalized spacial score (nSPS) is 10.4. The molecule has 0 aliphatic rings. The average molecular weight is 275 g/mol. The fourth-order valence-corrected chi connectivity index (χ4v) is 1.96. The van der Waals surface area contributed by atoms with Crippen molar-refractivity contribution in [2.24, 2.45) is 5.73 Å². The van der Waals surface area contributed by atoms with Gasteiger partial charge >= 0.3 is 0 Å². The first-order chi connectivity index (χ1) is 9.10. The van der Waals surface area contributed by atoms with Gasteiger partial charge in [0.05, 0.1) is 12.7 Å². The zero-order chi connectivity index (χ0) is 13.8. The number of aromatic nitrogens is 1. The number of thiocarbonyl (C=S) groups is 1. The molecule has 3 N–H and O–H groups in total. The third kappa shape index (κ3) is 3.32. The Balaban J connectivity index is 2.14. The molecule has 0 aliphatic carbocycles. The molecule has 0 atom stereocenters. The van der Waals surface area contributed by atoms with Crippen LogP contribution in [0.2, 0.25) is 0 Å². The van der Waals surface area contributed by atoms with Gasteiger partial charge < -0.3 is 15.5 Å². The molecule has 0 unspecified atom stereocenters. The zero-order valence-corrected chi connectivity index (χ0v) is 11.9. The van der Waals surface area contributed by atoms with Gasteiger partial charge in [-0.25, -0.2) is 4.98 Å². The van der Waals surface area contributed by atoms with Crippen molar-refractivity contribution in [3.05, 3.63) is 47.2 Å². The number of rotatable bonds is 5. The first kappa shape index (κ1) is 13.5. The lowest BCUT2D eigenvalue weighted by molar-refractivity contribution is 0.466. The van der Waals surface area contributed by atoms with E-state index in [-0.39, 0.29) is 0 Å². The van der Waals surface area contributed by atoms with Crippen LogP contribution in [0.4, 0.5) is 5.69 Å². The molecule has 0 saturated carbocycles. The molecular weight excluding hydrogens is 258 g/mol. The molecule has 0 radical (unpaired) electrons. The van der Waals surface area contributed by atoms with Gasteiger partial charge in [-0.05, 0) is 24.6 Å². The summed E-state index contributed by atoms with van der Waals surface area (Å²) in [6.07, 6.45) is 2.59. The maximum Gasteiger partial charge on any atom is 0.213 e. The Hall–Kier alpha value is -1.88. The van der Waals surface area contributed by atoms with Crippen molar-refractivity contribution in [2.75, 3.05) is 5.32 Å². The third-order valence-corrected chi connectivity index (χ3v) is 3.04. The summed E-state index contributed by atoms with van der Waals surface area (Å²) >= 11 is 5.05. The molecule has 1 aromatic heterocycles. The van der Waals surface area contributed by atoms with Gasteiger partial charge in [0.15, 0.2) is 0 Å². The minimum absolute atomic E-state index is 0.379. The van der Waals surface area contributed by atoms with E-state index in [2.05, 4.69) is 10.3 Å². The lowest BCUT2D eigenvalue weighted by Crippen LogP contribution is -2.13. The largest absolute Gasteiger partial charge is 0.444 e. The topological polar surface area (TPSA) is 64.1 Å². The van der Waals surface area contributed by atoms with Gasteiger partial charge in [-0.3, -0.25) is 0 Å². The van der Waals surface area contributed by atoms with Gasteiger partial charge in [0.1, 0.15) is 10.7 Å². The van der Waals surface area contributed by atoms with E-state index in [0.29, 0.717) is 17.4 Å². The van der Waals surface area contributed by atoms with Gasteiger partial charge in [-0.15, -0.1) is 0 Å². The highest BCUT2D eigenvalue weighted by Crippen LogP contribution is 2.18. The number of oxazole rings is 1. The zero-order valence-electron chi connectivity index (χ0n) is 11.1. The highest BCUT2D eigenvalue weighted by Gasteiger charge is 2.07. The van der Waals surface area contributed by atoms with E-state index in [1.807, 2.05) is 32.0 Å². The molecule has 1 aromatic carbocycles. The number of hydrogen-bond donors (Lipinski definition) is 2. The molecule has 0 aliphatic heterocycles. The first-order valence-electron chi connectivity index (χ1n) is 6.18. The maximum atomic E-state index is 5.71. The van der Waals surface area contributed by atoms with Crippen molar-refractivity contribution in [3.8, 4) is 0 Å². The van der Waals surface area contributed by atoms with Gasteiger partial charge in [0.25, 0.3) is 0 Å². The summed E-state index contributed by atoms with van der Waals surface area (Å²) in [5, 5.41) is 3.27. The quantitative estimate of drug-likeness (QED) is 0.821. The van der Waals surface area contributed by atoms with Crippen molar-refractivity contribution >= 4 is 22.9 Å². The first-order valence-corrected chi connectivity index (χ1v) is 6.59. The predicted octanol–water partition coefficient (Wildman–Crippen LogP) is 2.79. The van der Waals surface area contributed by atoms with Crippen LogP contribution in [0.3, 0.4) is 0 Å². The maximum absolute atomic E-state index is 5.71. The molecule has 0 bridgehead atoms. The van der Waals surface area contributed by atoms with Gasteiger partial charge in [0, 0.05) is 17.7 Å². The second kappa shape index (κ2) is 5.84. The van der Waals surface area contributed by atoms with Crippen LogP contribution in [0.1, 0.15) is 29.7 Å². The Morgan fingerprint density at radius 3 is 2.89 bits per heavy atom. The van der Waals surface area contributed by atoms with Crippen LogP contribution >= 0.6 is 12.2 Å². The predicted molar refractivity (Wildman–Crippen MR) is 80.3 cm³/mol. The number of benzene rings is 1. The van der Waals surface area contributed by atoms with E-state index in [1.165, 1.54) is 0 Å². The second-order valence-electron chi connectivity index (χ2n) is 4.34. The van der Waals surface area contributed by atoms with Crippen molar-refractivity contribution in [3.63, 3.8) is 0 Å². The summed E-state index contributed by atoms with van der Waals surface area (Å²) in [6, 6.07) is 5.92. The lowest BCUT2D eigenvalue weighted by Gasteiger charge is -2.10. The summed E-state index contributed by atoms with van der Waals surface area (Å²) in [7, 11) is 0. The van der Waals surface area contributed by atoms with Crippen LogP contribution in [0, 0.1) is 6.92 Å². The van der Waals surface area contributed by atoms with Gasteiger partial charge in [-0.1, -0.05) is 25.2 Å². The van der Waals surface area contributed by atoms with Crippen molar-refractivity contribution < 1.29 is 4.42 Å². The van der Waals surface area contributed by atoms with E-state index in [1.54, 1.807) is 6.20 Å². The standard InChI is InChI=1S/C14H17N3OS/c1-3-10-7-17-13(18-10)8-16-12-6-9(2)4-5-11(12)14(15)19/h4-7,16H,3,8H2,1-2H3,(H2,15,19). The van der Waals surface area contributed by atoms with Crippen molar-refractivity contribution in [2.45, 2.75) is 26.8 Å². The fraction of sp³-hybridized carbons (Fsp3) is 0.286. The van der Waals surface area contributed by atoms with Crippen LogP contribution in [0.15, 0.2) is 28.8 Å². The Morgan fingerprint density at radius 1 is 1.47 bits per heavy atom. The third-order valence-electron chi connectivity index (χ3n) is 2.82. The smallest absolute Gasteiger partial charge is 0.213 e. The number of aryl methyl sites for hydroxylation is 2. The number of nitrogens with zero attached hydrogens (tertiary/aromatic N) is 1. The van der Waals surface area contributed by atoms with E-state index < -0.39 is 0 Å². The molecule has 100 valence electrons. The number of anilines is 1. The summed E-state index contributed by atoms with van der Waals surface area (Å²) in [5.74, 6) is 1.54. The molecular formula is C14H17N3OS. The lowest BCUT2D eigenvalue weighted by atomic mass is 10.1. The van der Waals surface area contributed by atoms with Crippen LogP contribution in [-0.4, -0.2) is 9.97 Å². The Labute approximate surface area is 118 Å². The number of nitrogens with one attached hydrogen (secondary N) is 1. The van der Waals surface area contributed by atoms with E-state index >= 15 is 0 Å². The van der Waals surface area contributed by atoms with Gasteiger partial charge in [-0.2, -0.15) is 0 Å². The Kier molecular flexibility index (Phi) is 4.16. The molecule has 5 heteroatoms. The highest BCUT2D eigenvalue weighted by molar-refractivity contribution is 7.80. The van der Waals surface area contributed by atoms with E-state index in [0.717, 1.165) is 29.0 Å². The van der Waals surface area contributed by atoms with Gasteiger partial charge in [0.2, 0.25) is 5.89 Å². The molecule has 0 saturated heterocycles. The molecule has 0 spiro atoms. The molecule has 4 nitrogen and oxygen atoms in total. The summed E-state index contributed by atoms with van der Waals surface area (Å²) in [6.45, 7) is 4.57. The molecule has 0 amide bonds. The number of hydrogen-bond acceptors (Lipinski definition) is 4. The molecule has 2 aromatic rings. The van der Waals surface area contributed by atoms with E-state index in [4.69, 9.17) is 22.4 Å². The van der Waals surface area contributed by atoms with Crippen LogP contribution < -0.4 is 11.1 Å². The van der Waals surface area contributed by atoms with Crippen molar-refractivity contribution in [1.29, 1.82) is 0 Å². The summed E-state index contributed by atoms with van der Waals surface area (Å²) in [5.41, 5.74) is 8.60. The second-order valence-corrected chi connectivity index (χ2v) is 4.78. The Morgan fingerprint density at radius 2 is 2.26 bits per heavy atom. The monoisotopic (exact) mass is 275 g/mol. The summed E-state index contributed by atoms with van der Waals surface area (Å²) in [4.78, 5) is 4.58. The molecule has 2 rings (SSSR count). The van der Waals surface area contributed by atoms with Crippen molar-refractivity contribution in [1.82, 2.24) is 4.98 Å². The van der Waals surface area contributed by atoms with Crippen LogP contribution in [-0.2, 0) is 13.0 Å².